The molecule has 2 fully saturated rings. The highest BCUT2D eigenvalue weighted by atomic mass is 14.8. The van der Waals surface area contributed by atoms with Gasteiger partial charge in [0, 0.05) is 11.5 Å². The third-order valence-corrected chi connectivity index (χ3v) is 6.57. The fourth-order valence-corrected chi connectivity index (χ4v) is 5.22. The second-order valence-electron chi connectivity index (χ2n) is 8.07. The van der Waals surface area contributed by atoms with Gasteiger partial charge in [-0.15, -0.1) is 0 Å². The fraction of sp³-hybridized carbons (Fsp3) is 0.727. The van der Waals surface area contributed by atoms with E-state index in [2.05, 4.69) is 30.3 Å². The smallest absolute Gasteiger partial charge is 0.0252 e. The maximum Gasteiger partial charge on any atom is 0.0252 e. The Morgan fingerprint density at radius 2 is 1.26 bits per heavy atom. The zero-order valence-corrected chi connectivity index (χ0v) is 14.8. The first-order valence-corrected chi connectivity index (χ1v) is 10.1. The molecule has 1 heteroatoms. The van der Waals surface area contributed by atoms with Crippen LogP contribution in [0.15, 0.2) is 30.3 Å². The molecule has 1 aromatic carbocycles. The minimum Gasteiger partial charge on any atom is -0.324 e. The summed E-state index contributed by atoms with van der Waals surface area (Å²) in [5, 5.41) is 0. The molecule has 2 aliphatic rings. The molecule has 0 bridgehead atoms. The van der Waals surface area contributed by atoms with Gasteiger partial charge >= 0.3 is 0 Å². The van der Waals surface area contributed by atoms with Crippen molar-refractivity contribution in [2.75, 3.05) is 0 Å². The SMILES string of the molecule is NC1(C2CCCCCCC2)CCCCCCC1c1ccccc1. The van der Waals surface area contributed by atoms with Gasteiger partial charge in [-0.1, -0.05) is 88.1 Å². The topological polar surface area (TPSA) is 26.0 Å². The van der Waals surface area contributed by atoms with E-state index in [-0.39, 0.29) is 5.54 Å². The van der Waals surface area contributed by atoms with Crippen molar-refractivity contribution in [1.29, 1.82) is 0 Å². The normalized spacial score (nSPS) is 31.6. The van der Waals surface area contributed by atoms with E-state index in [1.807, 2.05) is 0 Å². The molecule has 1 aromatic rings. The van der Waals surface area contributed by atoms with Gasteiger partial charge in [0.1, 0.15) is 0 Å². The fourth-order valence-electron chi connectivity index (χ4n) is 5.22. The van der Waals surface area contributed by atoms with E-state index >= 15 is 0 Å². The zero-order chi connectivity index (χ0) is 16.0. The zero-order valence-electron chi connectivity index (χ0n) is 14.8. The molecular formula is C22H35N. The highest BCUT2D eigenvalue weighted by molar-refractivity contribution is 5.25. The van der Waals surface area contributed by atoms with Crippen LogP contribution < -0.4 is 5.73 Å². The van der Waals surface area contributed by atoms with E-state index in [0.29, 0.717) is 5.92 Å². The van der Waals surface area contributed by atoms with Crippen LogP contribution in [0.3, 0.4) is 0 Å². The quantitative estimate of drug-likeness (QED) is 0.693. The molecular weight excluding hydrogens is 278 g/mol. The largest absolute Gasteiger partial charge is 0.324 e. The summed E-state index contributed by atoms with van der Waals surface area (Å²) in [5.41, 5.74) is 8.83. The first-order valence-electron chi connectivity index (χ1n) is 10.1. The standard InChI is InChI=1S/C22H35N/c23-22(20-15-9-2-1-3-10-16-20)18-12-5-4-11-17-21(22)19-13-7-6-8-14-19/h6-8,13-14,20-21H,1-5,9-12,15-18,23H2. The van der Waals surface area contributed by atoms with Crippen molar-refractivity contribution in [3.05, 3.63) is 35.9 Å². The van der Waals surface area contributed by atoms with Crippen molar-refractivity contribution in [1.82, 2.24) is 0 Å². The number of hydrogen-bond acceptors (Lipinski definition) is 1. The van der Waals surface area contributed by atoms with Crippen molar-refractivity contribution in [2.24, 2.45) is 11.7 Å². The molecule has 128 valence electrons. The summed E-state index contributed by atoms with van der Waals surface area (Å²) in [5.74, 6) is 1.29. The first-order chi connectivity index (χ1) is 11.3. The molecule has 2 N–H and O–H groups in total. The van der Waals surface area contributed by atoms with Gasteiger partial charge in [0.25, 0.3) is 0 Å². The van der Waals surface area contributed by atoms with Gasteiger partial charge in [-0.05, 0) is 37.2 Å². The van der Waals surface area contributed by atoms with Crippen LogP contribution in [-0.4, -0.2) is 5.54 Å². The van der Waals surface area contributed by atoms with Crippen LogP contribution in [0.4, 0.5) is 0 Å². The van der Waals surface area contributed by atoms with Gasteiger partial charge in [-0.3, -0.25) is 0 Å². The first kappa shape index (κ1) is 17.0. The van der Waals surface area contributed by atoms with Crippen molar-refractivity contribution in [2.45, 2.75) is 94.9 Å². The summed E-state index contributed by atoms with van der Waals surface area (Å²) in [6.45, 7) is 0. The molecule has 0 aromatic heterocycles. The van der Waals surface area contributed by atoms with Crippen molar-refractivity contribution in [3.63, 3.8) is 0 Å². The Hall–Kier alpha value is -0.820. The lowest BCUT2D eigenvalue weighted by molar-refractivity contribution is 0.151. The van der Waals surface area contributed by atoms with Crippen molar-refractivity contribution in [3.8, 4) is 0 Å². The molecule has 3 rings (SSSR count). The Kier molecular flexibility index (Phi) is 6.16. The Balaban J connectivity index is 1.87. The van der Waals surface area contributed by atoms with Gasteiger partial charge in [0.2, 0.25) is 0 Å². The summed E-state index contributed by atoms with van der Waals surface area (Å²) in [6.07, 6.45) is 17.8. The van der Waals surface area contributed by atoms with Crippen LogP contribution in [0.2, 0.25) is 0 Å². The minimum absolute atomic E-state index is 0.0269. The summed E-state index contributed by atoms with van der Waals surface area (Å²) in [4.78, 5) is 0. The number of nitrogens with two attached hydrogens (primary N) is 1. The minimum atomic E-state index is 0.0269. The summed E-state index contributed by atoms with van der Waals surface area (Å²) in [6, 6.07) is 11.2. The second-order valence-corrected chi connectivity index (χ2v) is 8.07. The Morgan fingerprint density at radius 3 is 1.96 bits per heavy atom. The lowest BCUT2D eigenvalue weighted by atomic mass is 9.63. The predicted molar refractivity (Wildman–Crippen MR) is 99.6 cm³/mol. The molecule has 0 heterocycles. The van der Waals surface area contributed by atoms with E-state index in [9.17, 15) is 0 Å². The molecule has 0 radical (unpaired) electrons. The second kappa shape index (κ2) is 8.33. The highest BCUT2D eigenvalue weighted by Gasteiger charge is 2.42. The Morgan fingerprint density at radius 1 is 0.696 bits per heavy atom. The van der Waals surface area contributed by atoms with E-state index in [1.165, 1.54) is 89.0 Å². The van der Waals surface area contributed by atoms with Crippen LogP contribution in [0.5, 0.6) is 0 Å². The van der Waals surface area contributed by atoms with E-state index in [4.69, 9.17) is 5.73 Å². The van der Waals surface area contributed by atoms with Gasteiger partial charge in [-0.25, -0.2) is 0 Å². The lowest BCUT2D eigenvalue weighted by Crippen LogP contribution is -2.52. The third-order valence-electron chi connectivity index (χ3n) is 6.57. The van der Waals surface area contributed by atoms with Crippen molar-refractivity contribution >= 4 is 0 Å². The summed E-state index contributed by atoms with van der Waals surface area (Å²) < 4.78 is 0. The number of rotatable bonds is 2. The predicted octanol–water partition coefficient (Wildman–Crippen LogP) is 6.18. The molecule has 0 saturated heterocycles. The monoisotopic (exact) mass is 313 g/mol. The van der Waals surface area contributed by atoms with E-state index in [0.717, 1.165) is 5.92 Å². The molecule has 2 aliphatic carbocycles. The average molecular weight is 314 g/mol. The number of hydrogen-bond donors (Lipinski definition) is 1. The molecule has 2 saturated carbocycles. The van der Waals surface area contributed by atoms with Crippen LogP contribution in [0.25, 0.3) is 0 Å². The molecule has 2 atom stereocenters. The molecule has 1 nitrogen and oxygen atoms in total. The van der Waals surface area contributed by atoms with Gasteiger partial charge in [0.05, 0.1) is 0 Å². The molecule has 23 heavy (non-hydrogen) atoms. The maximum atomic E-state index is 7.30. The lowest BCUT2D eigenvalue weighted by Gasteiger charge is -2.46. The van der Waals surface area contributed by atoms with Crippen LogP contribution in [0.1, 0.15) is 95.0 Å². The third kappa shape index (κ3) is 4.18. The molecule has 2 unspecified atom stereocenters. The van der Waals surface area contributed by atoms with Crippen LogP contribution >= 0.6 is 0 Å². The van der Waals surface area contributed by atoms with E-state index in [1.54, 1.807) is 0 Å². The summed E-state index contributed by atoms with van der Waals surface area (Å²) >= 11 is 0. The van der Waals surface area contributed by atoms with Crippen LogP contribution in [0, 0.1) is 5.92 Å². The van der Waals surface area contributed by atoms with Crippen LogP contribution in [-0.2, 0) is 0 Å². The Bertz CT molecular complexity index is 446. The molecule has 0 spiro atoms. The maximum absolute atomic E-state index is 7.30. The van der Waals surface area contributed by atoms with E-state index < -0.39 is 0 Å². The molecule has 0 aliphatic heterocycles. The Labute approximate surface area is 143 Å². The van der Waals surface area contributed by atoms with Gasteiger partial charge in [-0.2, -0.15) is 0 Å². The number of benzene rings is 1. The van der Waals surface area contributed by atoms with Gasteiger partial charge < -0.3 is 5.73 Å². The van der Waals surface area contributed by atoms with Gasteiger partial charge in [0.15, 0.2) is 0 Å². The highest BCUT2D eigenvalue weighted by Crippen LogP contribution is 2.45. The average Bonchev–Trinajstić information content (AvgIpc) is 2.52. The van der Waals surface area contributed by atoms with Crippen molar-refractivity contribution < 1.29 is 0 Å². The molecule has 0 amide bonds. The summed E-state index contributed by atoms with van der Waals surface area (Å²) in [7, 11) is 0.